The molecule has 1 aliphatic rings. The number of rotatable bonds is 27. The van der Waals surface area contributed by atoms with Gasteiger partial charge in [0.1, 0.15) is 25.3 Å². The van der Waals surface area contributed by atoms with Crippen molar-refractivity contribution in [2.45, 2.75) is 38.0 Å². The molecule has 2 atom stereocenters. The number of aliphatic hydroxyl groups excluding tert-OH is 1. The maximum absolute atomic E-state index is 12.5. The number of likely N-dealkylation sites (N-methyl/N-ethyl adjacent to an activating group) is 1. The second-order valence-corrected chi connectivity index (χ2v) is 13.6. The number of pyridine rings is 1. The molecule has 0 amide bonds. The van der Waals surface area contributed by atoms with E-state index in [1.54, 1.807) is 21.3 Å². The normalized spacial score (nSPS) is 14.5. The number of carboxylic acids is 2. The van der Waals surface area contributed by atoms with E-state index in [0.717, 1.165) is 0 Å². The van der Waals surface area contributed by atoms with Crippen molar-refractivity contribution in [1.82, 2.24) is 30.3 Å². The monoisotopic (exact) mass is 980 g/mol. The number of aliphatic carboxylic acids is 2. The number of fused-ring (bicyclic) bond motifs is 2. The Balaban J connectivity index is -0.00000114. The first-order chi connectivity index (χ1) is 29.5. The Bertz CT molecular complexity index is 1230. The number of aromatic nitrogens is 1. The summed E-state index contributed by atoms with van der Waals surface area (Å²) in [6.07, 6.45) is 0.566. The van der Waals surface area contributed by atoms with E-state index in [1.807, 2.05) is 35.0 Å². The fourth-order valence-electron chi connectivity index (χ4n) is 5.35. The number of methoxy groups -OCH3 is 3. The van der Waals surface area contributed by atoms with E-state index in [-0.39, 0.29) is 91.1 Å². The van der Waals surface area contributed by atoms with Gasteiger partial charge < -0.3 is 70.2 Å². The largest absolute Gasteiger partial charge is 1.00 e. The minimum Gasteiger partial charge on any atom is -1.00 e. The van der Waals surface area contributed by atoms with Gasteiger partial charge in [-0.05, 0) is 56.5 Å². The van der Waals surface area contributed by atoms with Crippen LogP contribution in [0.15, 0.2) is 18.2 Å². The van der Waals surface area contributed by atoms with E-state index >= 15 is 0 Å². The molecule has 0 fully saturated rings. The molecule has 0 aromatic carbocycles. The Labute approximate surface area is 412 Å². The van der Waals surface area contributed by atoms with Crippen molar-refractivity contribution >= 4 is 46.7 Å². The van der Waals surface area contributed by atoms with Gasteiger partial charge in [-0.3, -0.25) is 28.8 Å². The van der Waals surface area contributed by atoms with Gasteiger partial charge in [0.2, 0.25) is 0 Å². The van der Waals surface area contributed by atoms with Crippen molar-refractivity contribution in [3.8, 4) is 0 Å². The maximum atomic E-state index is 12.5. The number of carboxylic acid groups (broad SMARTS) is 2. The van der Waals surface area contributed by atoms with Gasteiger partial charge in [0.25, 0.3) is 10.3 Å². The van der Waals surface area contributed by atoms with Crippen molar-refractivity contribution in [2.24, 2.45) is 0 Å². The summed E-state index contributed by atoms with van der Waals surface area (Å²) in [4.78, 5) is 35.6. The third-order valence-electron chi connectivity index (χ3n) is 8.41. The van der Waals surface area contributed by atoms with Crippen LogP contribution in [-0.2, 0) is 77.6 Å². The van der Waals surface area contributed by atoms with Crippen LogP contribution in [0.3, 0.4) is 0 Å². The summed E-state index contributed by atoms with van der Waals surface area (Å²) in [6.45, 7) is 8.10. The molecule has 1 aliphatic heterocycles. The molecule has 2 heterocycles. The summed E-state index contributed by atoms with van der Waals surface area (Å²) in [5.74, 6) is -1.89. The fraction of sp³-hybridized carbons (Fsp3) is 0.763. The molecule has 2 unspecified atom stereocenters. The van der Waals surface area contributed by atoms with Gasteiger partial charge in [-0.2, -0.15) is 0 Å². The van der Waals surface area contributed by atoms with Crippen LogP contribution in [0.5, 0.6) is 0 Å². The third kappa shape index (κ3) is 33.9. The summed E-state index contributed by atoms with van der Waals surface area (Å²) >= 11 is 10.5. The molecule has 62 heavy (non-hydrogen) atoms. The Morgan fingerprint density at radius 1 is 0.758 bits per heavy atom. The zero-order chi connectivity index (χ0) is 45.5. The van der Waals surface area contributed by atoms with Crippen LogP contribution in [0.25, 0.3) is 0 Å². The number of nitrogens with one attached hydrogen (secondary N) is 2. The summed E-state index contributed by atoms with van der Waals surface area (Å²) < 4.78 is 56.5. The van der Waals surface area contributed by atoms with Crippen LogP contribution in [0.2, 0.25) is 0 Å². The molecule has 0 saturated heterocycles. The van der Waals surface area contributed by atoms with Crippen LogP contribution in [-0.4, -0.2) is 223 Å². The molecular weight excluding hydrogens is 910 g/mol. The quantitative estimate of drug-likeness (QED) is 0.0358. The number of carbonyl (C=O) groups is 2. The Hall–Kier alpha value is -1.48. The van der Waals surface area contributed by atoms with Crippen LogP contribution in [0.1, 0.15) is 27.0 Å². The number of hydrogen-bond donors (Lipinski definition) is 5. The SMILES string of the molecule is COCCOCCO.COCCOCCOC(=S)NCCC(C(=O)O)N1CCN(C)CCN(C(CCNC(=S)OCCOCCOC)C(=O)O)Cc2cccc(n2)C1.[2H]CF.[H-].[Mn].[Na+]. The van der Waals surface area contributed by atoms with Crippen LogP contribution < -0.4 is 40.2 Å². The maximum Gasteiger partial charge on any atom is 1.00 e. The van der Waals surface area contributed by atoms with E-state index in [2.05, 4.69) is 20.3 Å². The van der Waals surface area contributed by atoms with Gasteiger partial charge in [0, 0.05) is 90.8 Å². The smallest absolute Gasteiger partial charge is 1.00 e. The molecule has 24 heteroatoms. The topological polar surface area (TPSA) is 215 Å². The molecule has 2 bridgehead atoms. The van der Waals surface area contributed by atoms with Crippen molar-refractivity contribution in [2.75, 3.05) is 154 Å². The molecule has 0 spiro atoms. The molecule has 1 aromatic heterocycles. The molecule has 19 nitrogen and oxygen atoms in total. The number of thiocarbonyl (C=S) groups is 2. The van der Waals surface area contributed by atoms with E-state index in [1.165, 1.54) is 0 Å². The summed E-state index contributed by atoms with van der Waals surface area (Å²) in [6, 6.07) is 3.97. The van der Waals surface area contributed by atoms with E-state index < -0.39 is 31.2 Å². The van der Waals surface area contributed by atoms with Crippen LogP contribution in [0, 0.1) is 0 Å². The zero-order valence-corrected chi connectivity index (χ0v) is 41.7. The minimum atomic E-state index is -1.00. The van der Waals surface area contributed by atoms with Crippen molar-refractivity contribution in [1.29, 1.82) is 0 Å². The van der Waals surface area contributed by atoms with Crippen LogP contribution in [0.4, 0.5) is 4.39 Å². The van der Waals surface area contributed by atoms with Crippen molar-refractivity contribution < 1.29 is 117 Å². The van der Waals surface area contributed by atoms with Gasteiger partial charge >= 0.3 is 41.5 Å². The first kappa shape index (κ1) is 62.6. The summed E-state index contributed by atoms with van der Waals surface area (Å²) in [7, 11) is 5.75. The number of hydrogen-bond acceptors (Lipinski definition) is 17. The molecule has 1 aromatic rings. The van der Waals surface area contributed by atoms with E-state index in [9.17, 15) is 24.2 Å². The number of halogens is 1. The van der Waals surface area contributed by atoms with Crippen molar-refractivity contribution in [3.63, 3.8) is 0 Å². The van der Waals surface area contributed by atoms with Gasteiger partial charge in [-0.1, -0.05) is 6.07 Å². The molecule has 5 N–H and O–H groups in total. The number of aliphatic hydroxyl groups is 1. The molecule has 1 radical (unpaired) electrons. The Morgan fingerprint density at radius 2 is 1.13 bits per heavy atom. The average molecular weight is 981 g/mol. The molecule has 357 valence electrons. The second kappa shape index (κ2) is 44.7. The summed E-state index contributed by atoms with van der Waals surface area (Å²) in [5.41, 5.74) is 1.39. The van der Waals surface area contributed by atoms with E-state index in [4.69, 9.17) is 69.1 Å². The van der Waals surface area contributed by atoms with Gasteiger partial charge in [0.05, 0.1) is 86.0 Å². The minimum absolute atomic E-state index is 0. The Kier molecular flexibility index (Phi) is 45.1. The summed E-state index contributed by atoms with van der Waals surface area (Å²) in [5, 5.41) is 35.0. The average Bonchev–Trinajstić information content (AvgIpc) is 3.23. The molecule has 0 saturated carbocycles. The predicted molar refractivity (Wildman–Crippen MR) is 231 cm³/mol. The first-order valence-corrected chi connectivity index (χ1v) is 20.3. The molecule has 2 rings (SSSR count). The van der Waals surface area contributed by atoms with Crippen molar-refractivity contribution in [3.05, 3.63) is 29.6 Å². The number of nitrogens with zero attached hydrogens (tertiary/aromatic N) is 4. The molecule has 0 aliphatic carbocycles. The fourth-order valence-corrected chi connectivity index (χ4v) is 5.73. The van der Waals surface area contributed by atoms with Gasteiger partial charge in [-0.25, -0.2) is 0 Å². The zero-order valence-electron chi connectivity index (χ0n) is 38.9. The van der Waals surface area contributed by atoms with Gasteiger partial charge in [0.15, 0.2) is 0 Å². The number of ether oxygens (including phenoxy) is 8. The van der Waals surface area contributed by atoms with Crippen LogP contribution >= 0.6 is 24.4 Å². The first-order valence-electron chi connectivity index (χ1n) is 20.2. The standard InChI is InChI=1S/C32H54N6O10S2.C5H12O3.CH3F.Mn.Na.H/c1-36-11-13-37(27(29(39)40)7-9-33-31(49)47-21-19-45-17-15-43-2)23-25-5-4-6-26(35-25)24-38(14-12-36)28(30(41)42)8-10-34-32(50)48-22-20-46-18-16-44-3;1-7-4-5-8-3-2-6;1-2;;;/h4-6,27-28H,7-24H2,1-3H3,(H,33,49)(H,34,50)(H,39,40)(H,41,42);6H,2-5H2,1H3;1H3;;;/q;;;;+1;-1/i;;1D;;;. The van der Waals surface area contributed by atoms with E-state index in [0.29, 0.717) is 123 Å². The molecular formula is C38H70FMnN6NaO13S2. The van der Waals surface area contributed by atoms with Gasteiger partial charge in [-0.15, -0.1) is 0 Å². The third-order valence-corrected chi connectivity index (χ3v) is 8.94. The number of alkyl halides is 1. The predicted octanol–water partition coefficient (Wildman–Crippen LogP) is -2.23. The Morgan fingerprint density at radius 3 is 1.48 bits per heavy atom. The second-order valence-electron chi connectivity index (χ2n) is 12.8.